The van der Waals surface area contributed by atoms with Gasteiger partial charge in [0.05, 0.1) is 23.7 Å². The SMILES string of the molecule is CC(CC(=O)C1OC1(C)C)C1CCC2(C)C3=CCC4C(C)(CO)C(=O)CC(O)C4(C)C3CCC12C. The van der Waals surface area contributed by atoms with E-state index in [9.17, 15) is 19.8 Å². The molecule has 0 aromatic heterocycles. The highest BCUT2D eigenvalue weighted by Crippen LogP contribution is 2.73. The molecule has 5 nitrogen and oxygen atoms in total. The third-order valence-corrected chi connectivity index (χ3v) is 12.4. The molecule has 5 heteroatoms. The van der Waals surface area contributed by atoms with Crippen LogP contribution in [0.2, 0.25) is 0 Å². The Morgan fingerprint density at radius 1 is 1.14 bits per heavy atom. The molecule has 4 aliphatic carbocycles. The van der Waals surface area contributed by atoms with Gasteiger partial charge >= 0.3 is 0 Å². The van der Waals surface area contributed by atoms with E-state index in [0.29, 0.717) is 18.3 Å². The number of carbonyl (C=O) groups is 2. The molecule has 35 heavy (non-hydrogen) atoms. The van der Waals surface area contributed by atoms with Crippen LogP contribution < -0.4 is 0 Å². The molecule has 10 unspecified atom stereocenters. The smallest absolute Gasteiger partial charge is 0.164 e. The zero-order valence-corrected chi connectivity index (χ0v) is 22.8. The largest absolute Gasteiger partial charge is 0.395 e. The van der Waals surface area contributed by atoms with Crippen LogP contribution in [0.4, 0.5) is 0 Å². The van der Waals surface area contributed by atoms with Crippen LogP contribution in [0, 0.1) is 45.3 Å². The number of allylic oxidation sites excluding steroid dienone is 2. The Labute approximate surface area is 211 Å². The molecule has 10 atom stereocenters. The number of aliphatic hydroxyl groups excluding tert-OH is 2. The van der Waals surface area contributed by atoms with Crippen LogP contribution in [-0.4, -0.2) is 46.2 Å². The molecule has 5 aliphatic rings. The minimum Gasteiger partial charge on any atom is -0.395 e. The Morgan fingerprint density at radius 2 is 1.80 bits per heavy atom. The van der Waals surface area contributed by atoms with Crippen LogP contribution in [0.5, 0.6) is 0 Å². The minimum atomic E-state index is -0.788. The molecule has 0 bridgehead atoms. The maximum absolute atomic E-state index is 12.9. The first-order valence-corrected chi connectivity index (χ1v) is 13.9. The minimum absolute atomic E-state index is 0.000858. The summed E-state index contributed by atoms with van der Waals surface area (Å²) in [5.41, 5.74) is 0.114. The number of hydrogen-bond donors (Lipinski definition) is 2. The molecule has 0 aromatic carbocycles. The topological polar surface area (TPSA) is 87.1 Å². The Kier molecular flexibility index (Phi) is 5.66. The zero-order chi connectivity index (χ0) is 25.8. The predicted octanol–water partition coefficient (Wildman–Crippen LogP) is 4.88. The summed E-state index contributed by atoms with van der Waals surface area (Å²) in [4.78, 5) is 25.8. The van der Waals surface area contributed by atoms with Crippen LogP contribution in [0.25, 0.3) is 0 Å². The molecule has 0 spiro atoms. The van der Waals surface area contributed by atoms with Crippen molar-refractivity contribution < 1.29 is 24.5 Å². The van der Waals surface area contributed by atoms with Crippen molar-refractivity contribution in [1.82, 2.24) is 0 Å². The number of epoxide rings is 1. The molecule has 5 rings (SSSR count). The number of ether oxygens (including phenoxy) is 1. The van der Waals surface area contributed by atoms with E-state index >= 15 is 0 Å². The van der Waals surface area contributed by atoms with Crippen molar-refractivity contribution in [1.29, 1.82) is 0 Å². The van der Waals surface area contributed by atoms with Gasteiger partial charge in [0.15, 0.2) is 5.78 Å². The predicted molar refractivity (Wildman–Crippen MR) is 135 cm³/mol. The molecule has 2 N–H and O–H groups in total. The molecule has 196 valence electrons. The van der Waals surface area contributed by atoms with Gasteiger partial charge in [-0.05, 0) is 80.5 Å². The molecule has 3 saturated carbocycles. The van der Waals surface area contributed by atoms with Gasteiger partial charge < -0.3 is 14.9 Å². The molecular weight excluding hydrogens is 440 g/mol. The van der Waals surface area contributed by atoms with Gasteiger partial charge in [0.1, 0.15) is 11.9 Å². The van der Waals surface area contributed by atoms with E-state index in [1.807, 2.05) is 20.8 Å². The fourth-order valence-corrected chi connectivity index (χ4v) is 9.77. The monoisotopic (exact) mass is 486 g/mol. The first-order valence-electron chi connectivity index (χ1n) is 13.9. The van der Waals surface area contributed by atoms with Gasteiger partial charge in [0.25, 0.3) is 0 Å². The van der Waals surface area contributed by atoms with Crippen molar-refractivity contribution >= 4 is 11.6 Å². The average molecular weight is 487 g/mol. The summed E-state index contributed by atoms with van der Waals surface area (Å²) in [5, 5.41) is 21.6. The molecule has 0 aromatic rings. The lowest BCUT2D eigenvalue weighted by molar-refractivity contribution is -0.176. The quantitative estimate of drug-likeness (QED) is 0.427. The van der Waals surface area contributed by atoms with Crippen molar-refractivity contribution in [3.63, 3.8) is 0 Å². The summed E-state index contributed by atoms with van der Waals surface area (Å²) in [5.74, 6) is 1.22. The highest BCUT2D eigenvalue weighted by molar-refractivity contribution is 5.87. The molecule has 0 amide bonds. The standard InChI is InChI=1S/C30H46O5/c1-17(14-21(32)25-26(2,3)35-25)18-10-12-29(6)19-8-9-22-27(4,16-31)23(33)15-24(34)30(22,7)20(19)11-13-28(18,29)5/h8,17-18,20,22,24-25,31,34H,9-16H2,1-7H3. The summed E-state index contributed by atoms with van der Waals surface area (Å²) in [6, 6.07) is 0. The molecule has 1 heterocycles. The fourth-order valence-electron chi connectivity index (χ4n) is 9.77. The van der Waals surface area contributed by atoms with Gasteiger partial charge in [-0.1, -0.05) is 46.3 Å². The molecule has 1 saturated heterocycles. The van der Waals surface area contributed by atoms with E-state index in [1.54, 1.807) is 0 Å². The first kappa shape index (κ1) is 25.6. The maximum Gasteiger partial charge on any atom is 0.164 e. The van der Waals surface area contributed by atoms with Gasteiger partial charge in [-0.25, -0.2) is 0 Å². The van der Waals surface area contributed by atoms with Gasteiger partial charge in [0, 0.05) is 18.3 Å². The third kappa shape index (κ3) is 3.23. The summed E-state index contributed by atoms with van der Waals surface area (Å²) in [7, 11) is 0. The third-order valence-electron chi connectivity index (χ3n) is 12.4. The summed E-state index contributed by atoms with van der Waals surface area (Å²) < 4.78 is 5.63. The van der Waals surface area contributed by atoms with Gasteiger partial charge in [-0.2, -0.15) is 0 Å². The number of ketones is 2. The highest BCUT2D eigenvalue weighted by atomic mass is 16.6. The number of hydrogen-bond acceptors (Lipinski definition) is 5. The second-order valence-electron chi connectivity index (χ2n) is 14.3. The van der Waals surface area contributed by atoms with E-state index in [4.69, 9.17) is 4.74 Å². The van der Waals surface area contributed by atoms with E-state index in [2.05, 4.69) is 33.8 Å². The molecular formula is C30H46O5. The Morgan fingerprint density at radius 3 is 2.40 bits per heavy atom. The van der Waals surface area contributed by atoms with Crippen LogP contribution in [0.15, 0.2) is 11.6 Å². The molecule has 4 fully saturated rings. The number of Topliss-reactive ketones (excluding diaryl/α,β-unsaturated/α-hetero) is 2. The van der Waals surface area contributed by atoms with Crippen molar-refractivity contribution in [2.45, 2.75) is 111 Å². The Hall–Kier alpha value is -1.04. The van der Waals surface area contributed by atoms with E-state index in [0.717, 1.165) is 32.1 Å². The van der Waals surface area contributed by atoms with Crippen molar-refractivity contribution in [2.24, 2.45) is 45.3 Å². The second-order valence-corrected chi connectivity index (χ2v) is 14.3. The lowest BCUT2D eigenvalue weighted by Gasteiger charge is -2.64. The Balaban J connectivity index is 1.44. The van der Waals surface area contributed by atoms with Gasteiger partial charge in [-0.3, -0.25) is 9.59 Å². The maximum atomic E-state index is 12.9. The molecule has 0 radical (unpaired) electrons. The lowest BCUT2D eigenvalue weighted by Crippen LogP contribution is -2.63. The second kappa shape index (κ2) is 7.74. The highest BCUT2D eigenvalue weighted by Gasteiger charge is 2.68. The average Bonchev–Trinajstić information content (AvgIpc) is 3.33. The van der Waals surface area contributed by atoms with E-state index in [1.165, 1.54) is 5.57 Å². The van der Waals surface area contributed by atoms with Crippen LogP contribution in [-0.2, 0) is 14.3 Å². The summed E-state index contributed by atoms with van der Waals surface area (Å²) in [6.07, 6.45) is 7.24. The van der Waals surface area contributed by atoms with Crippen molar-refractivity contribution in [3.05, 3.63) is 11.6 Å². The number of fused-ring (bicyclic) bond motifs is 5. The fraction of sp³-hybridized carbons (Fsp3) is 0.867. The van der Waals surface area contributed by atoms with E-state index in [-0.39, 0.29) is 59.0 Å². The van der Waals surface area contributed by atoms with Crippen molar-refractivity contribution in [3.8, 4) is 0 Å². The van der Waals surface area contributed by atoms with Gasteiger partial charge in [-0.15, -0.1) is 0 Å². The normalized spacial score (nSPS) is 51.1. The summed E-state index contributed by atoms with van der Waals surface area (Å²) >= 11 is 0. The van der Waals surface area contributed by atoms with Gasteiger partial charge in [0.2, 0.25) is 0 Å². The Bertz CT molecular complexity index is 968. The van der Waals surface area contributed by atoms with E-state index < -0.39 is 16.9 Å². The molecule has 1 aliphatic heterocycles. The lowest BCUT2D eigenvalue weighted by atomic mass is 9.40. The zero-order valence-electron chi connectivity index (χ0n) is 22.8. The number of aliphatic hydroxyl groups is 2. The van der Waals surface area contributed by atoms with Crippen LogP contribution in [0.3, 0.4) is 0 Å². The van der Waals surface area contributed by atoms with Crippen LogP contribution in [0.1, 0.15) is 93.4 Å². The first-order chi connectivity index (χ1) is 16.2. The van der Waals surface area contributed by atoms with Crippen molar-refractivity contribution in [2.75, 3.05) is 6.61 Å². The number of carbonyl (C=O) groups excluding carboxylic acids is 2. The summed E-state index contributed by atoms with van der Waals surface area (Å²) in [6.45, 7) is 15.1. The van der Waals surface area contributed by atoms with Crippen LogP contribution >= 0.6 is 0 Å². The number of rotatable bonds is 5.